The van der Waals surface area contributed by atoms with Gasteiger partial charge in [-0.3, -0.25) is 14.4 Å². The van der Waals surface area contributed by atoms with Crippen LogP contribution in [0.2, 0.25) is 0 Å². The molecule has 34 atom stereocenters. The van der Waals surface area contributed by atoms with Crippen molar-refractivity contribution in [1.29, 1.82) is 0 Å². The number of rotatable bonds is 25. The molecule has 90 heavy (non-hydrogen) atoms. The molecule has 0 spiro atoms. The topological polar surface area (TPSA) is 560 Å². The number of hydrogen-bond acceptors (Lipinski definition) is 34. The molecule has 0 aromatic rings. The maximum absolute atomic E-state index is 12.9. The monoisotopic (exact) mass is 1310 g/mol. The van der Waals surface area contributed by atoms with Gasteiger partial charge in [-0.1, -0.05) is 13.8 Å². The van der Waals surface area contributed by atoms with Crippen molar-refractivity contribution in [2.45, 2.75) is 243 Å². The second-order valence-electron chi connectivity index (χ2n) is 23.7. The van der Waals surface area contributed by atoms with Crippen LogP contribution in [-0.4, -0.2) is 367 Å². The van der Waals surface area contributed by atoms with Crippen LogP contribution < -0.4 is 16.0 Å². The first-order valence-corrected chi connectivity index (χ1v) is 29.6. The lowest BCUT2D eigenvalue weighted by molar-refractivity contribution is -0.377. The van der Waals surface area contributed by atoms with Crippen LogP contribution in [0.5, 0.6) is 0 Å². The summed E-state index contributed by atoms with van der Waals surface area (Å²) in [6.07, 6.45) is -51.6. The van der Waals surface area contributed by atoms with E-state index in [2.05, 4.69) is 16.0 Å². The number of methoxy groups -OCH3 is 1. The highest BCUT2D eigenvalue weighted by Gasteiger charge is 2.58. The van der Waals surface area contributed by atoms with Gasteiger partial charge in [-0.2, -0.15) is 0 Å². The molecular weight excluding hydrogens is 1220 g/mol. The van der Waals surface area contributed by atoms with Crippen molar-refractivity contribution in [2.24, 2.45) is 11.8 Å². The van der Waals surface area contributed by atoms with Gasteiger partial charge in [0.1, 0.15) is 146 Å². The van der Waals surface area contributed by atoms with E-state index in [1.165, 1.54) is 14.0 Å². The van der Waals surface area contributed by atoms with Gasteiger partial charge in [0.15, 0.2) is 37.7 Å². The number of aliphatic hydroxyl groups is 17. The molecule has 37 heteroatoms. The van der Waals surface area contributed by atoms with E-state index < -0.39 is 291 Å². The Bertz CT molecular complexity index is 2240. The molecule has 7 aliphatic heterocycles. The lowest BCUT2D eigenvalue weighted by atomic mass is 9.87. The highest BCUT2D eigenvalue weighted by molar-refractivity contribution is 5.74. The SMILES string of the molecule is COCC1O[C@@H](O[C@@H]2C(CO)O[C@@H](O[C@@H]3C(CO[C@@H]4OC[C@@H](O)C(O)C4O)O[C@@H](C(C)C)C(NC(C)=O)[C@H]3O)C(NC(C)=O)[C@H]2O)C(O)[C@@H](O[C@H]2O[C@@H](CO)[C@@H](O)C(O)C2CCO[C@@H]2OC(CO)[C@@H](O[C@@H]3OC(CO)[C@H](O)[C@H](O)C3O)[C@H](O)C2NC(C)=O)[C@@H]1O. The Balaban J connectivity index is 1.09. The largest absolute Gasteiger partial charge is 0.394 e. The van der Waals surface area contributed by atoms with Crippen molar-refractivity contribution < 1.29 is 168 Å². The van der Waals surface area contributed by atoms with Crippen LogP contribution in [-0.2, 0) is 80.7 Å². The number of amides is 3. The van der Waals surface area contributed by atoms with Crippen molar-refractivity contribution >= 4 is 17.7 Å². The summed E-state index contributed by atoms with van der Waals surface area (Å²) in [5.41, 5.74) is 0. The molecule has 7 heterocycles. The third kappa shape index (κ3) is 17.0. The lowest BCUT2D eigenvalue weighted by Gasteiger charge is -2.51. The van der Waals surface area contributed by atoms with Crippen molar-refractivity contribution in [3.8, 4) is 0 Å². The number of carbonyl (C=O) groups excluding carboxylic acids is 3. The first kappa shape index (κ1) is 74.6. The highest BCUT2D eigenvalue weighted by atomic mass is 16.8. The van der Waals surface area contributed by atoms with E-state index in [4.69, 9.17) is 66.3 Å². The molecule has 522 valence electrons. The fourth-order valence-corrected chi connectivity index (χ4v) is 12.1. The Morgan fingerprint density at radius 1 is 0.422 bits per heavy atom. The zero-order chi connectivity index (χ0) is 66.3. The van der Waals surface area contributed by atoms with Crippen molar-refractivity contribution in [3.05, 3.63) is 0 Å². The van der Waals surface area contributed by atoms with Crippen molar-refractivity contribution in [3.63, 3.8) is 0 Å². The van der Waals surface area contributed by atoms with Gasteiger partial charge < -0.3 is 169 Å². The number of aliphatic hydroxyl groups excluding tert-OH is 17. The van der Waals surface area contributed by atoms with E-state index in [0.717, 1.165) is 13.8 Å². The standard InChI is InChI=1S/C53H91N3O34/c1-16(2)43-28(54-17(3)61)36(70)46(27(81-43)15-80-51-40(74)32(66)21(64)13-79-51)87-50-30(56-19(5)63)38(72)45(25(12-60)85-50)89-53-42(76)47(35(69)26(86-53)14-77-6)90-48-20(31(65)33(67)22(9-57)82-48)7-8-78-49-29(55-18(4)62)37(71)44(24(11-59)84-49)88-52-41(75)39(73)34(68)23(10-58)83-52/h16,20-53,57-60,64-76H,7-15H2,1-6H3,(H,54,61)(H,55,62)(H,56,63)/t20?,21-,22+,23?,24?,25?,26?,27?,28?,29?,30?,31?,32?,33-,34+,35-,36-,37-,38-,39+,40?,41?,42?,43+,44-,45-,46-,47+,48-,49-,50+,51+,52+,53+/m1/s1. The smallest absolute Gasteiger partial charge is 0.217 e. The molecule has 37 nitrogen and oxygen atoms in total. The predicted octanol–water partition coefficient (Wildman–Crippen LogP) is -12.2. The number of ether oxygens (including phenoxy) is 14. The van der Waals surface area contributed by atoms with Crippen LogP contribution in [0.15, 0.2) is 0 Å². The van der Waals surface area contributed by atoms with Gasteiger partial charge in [0.05, 0.1) is 71.1 Å². The summed E-state index contributed by atoms with van der Waals surface area (Å²) >= 11 is 0. The molecule has 3 amide bonds. The van der Waals surface area contributed by atoms with Crippen LogP contribution in [0, 0.1) is 11.8 Å². The fraction of sp³-hybridized carbons (Fsp3) is 0.943. The zero-order valence-corrected chi connectivity index (χ0v) is 50.1. The quantitative estimate of drug-likeness (QED) is 0.0404. The molecule has 0 aromatic carbocycles. The molecule has 14 unspecified atom stereocenters. The average molecular weight is 1310 g/mol. The lowest BCUT2D eigenvalue weighted by Crippen LogP contribution is -2.70. The molecule has 7 rings (SSSR count). The minimum Gasteiger partial charge on any atom is -0.394 e. The average Bonchev–Trinajstić information content (AvgIpc) is 0.893. The molecule has 20 N–H and O–H groups in total. The summed E-state index contributed by atoms with van der Waals surface area (Å²) in [6, 6.07) is -4.41. The fourth-order valence-electron chi connectivity index (χ4n) is 12.1. The Labute approximate surface area is 515 Å². The Hall–Kier alpha value is -2.83. The molecular formula is C53H91N3O34. The van der Waals surface area contributed by atoms with Gasteiger partial charge in [-0.15, -0.1) is 0 Å². The predicted molar refractivity (Wildman–Crippen MR) is 287 cm³/mol. The molecule has 0 bridgehead atoms. The Morgan fingerprint density at radius 2 is 0.867 bits per heavy atom. The first-order valence-electron chi connectivity index (χ1n) is 29.6. The van der Waals surface area contributed by atoms with Gasteiger partial charge in [-0.25, -0.2) is 0 Å². The van der Waals surface area contributed by atoms with Crippen LogP contribution in [0.1, 0.15) is 41.0 Å². The van der Waals surface area contributed by atoms with E-state index in [1.807, 2.05) is 0 Å². The van der Waals surface area contributed by atoms with Crippen molar-refractivity contribution in [1.82, 2.24) is 16.0 Å². The molecule has 7 saturated heterocycles. The molecule has 7 fully saturated rings. The minimum absolute atomic E-state index is 0.392. The summed E-state index contributed by atoms with van der Waals surface area (Å²) in [4.78, 5) is 37.9. The van der Waals surface area contributed by atoms with E-state index in [-0.39, 0.29) is 0 Å². The summed E-state index contributed by atoms with van der Waals surface area (Å²) in [7, 11) is 1.23. The minimum atomic E-state index is -2.14. The van der Waals surface area contributed by atoms with Crippen LogP contribution in [0.25, 0.3) is 0 Å². The third-order valence-electron chi connectivity index (χ3n) is 16.8. The molecule has 0 saturated carbocycles. The van der Waals surface area contributed by atoms with E-state index in [9.17, 15) is 101 Å². The Kier molecular flexibility index (Phi) is 27.5. The van der Waals surface area contributed by atoms with E-state index in [1.54, 1.807) is 13.8 Å². The highest BCUT2D eigenvalue weighted by Crippen LogP contribution is 2.38. The second kappa shape index (κ2) is 33.2. The maximum atomic E-state index is 12.9. The van der Waals surface area contributed by atoms with Gasteiger partial charge in [-0.05, 0) is 12.3 Å². The van der Waals surface area contributed by atoms with Gasteiger partial charge in [0, 0.05) is 33.8 Å². The van der Waals surface area contributed by atoms with Gasteiger partial charge >= 0.3 is 0 Å². The molecule has 0 radical (unpaired) electrons. The Morgan fingerprint density at radius 3 is 1.41 bits per heavy atom. The number of hydrogen-bond donors (Lipinski definition) is 20. The second-order valence-corrected chi connectivity index (χ2v) is 23.7. The number of carbonyl (C=O) groups is 3. The summed E-state index contributed by atoms with van der Waals surface area (Å²) in [5.74, 6) is -3.92. The van der Waals surface area contributed by atoms with Crippen LogP contribution in [0.3, 0.4) is 0 Å². The normalized spacial score (nSPS) is 46.9. The van der Waals surface area contributed by atoms with E-state index in [0.29, 0.717) is 0 Å². The van der Waals surface area contributed by atoms with Crippen LogP contribution >= 0.6 is 0 Å². The summed E-state index contributed by atoms with van der Waals surface area (Å²) < 4.78 is 82.8. The van der Waals surface area contributed by atoms with Crippen LogP contribution in [0.4, 0.5) is 0 Å². The third-order valence-corrected chi connectivity index (χ3v) is 16.8. The molecule has 0 aliphatic carbocycles. The first-order chi connectivity index (χ1) is 42.6. The van der Waals surface area contributed by atoms with Gasteiger partial charge in [0.2, 0.25) is 17.7 Å². The number of nitrogens with one attached hydrogen (secondary N) is 3. The van der Waals surface area contributed by atoms with Crippen molar-refractivity contribution in [2.75, 3.05) is 60.0 Å². The molecule has 7 aliphatic rings. The van der Waals surface area contributed by atoms with E-state index >= 15 is 0 Å². The zero-order valence-electron chi connectivity index (χ0n) is 50.1. The summed E-state index contributed by atoms with van der Waals surface area (Å²) in [6.45, 7) is 1.20. The van der Waals surface area contributed by atoms with Gasteiger partial charge in [0.25, 0.3) is 0 Å². The maximum Gasteiger partial charge on any atom is 0.217 e. The summed E-state index contributed by atoms with van der Waals surface area (Å²) in [5, 5.41) is 194. The molecule has 0 aromatic heterocycles.